The normalized spacial score (nSPS) is 11.4. The summed E-state index contributed by atoms with van der Waals surface area (Å²) >= 11 is 0. The van der Waals surface area contributed by atoms with E-state index in [0.29, 0.717) is 11.3 Å². The molecule has 2 aromatic carbocycles. The van der Waals surface area contributed by atoms with Crippen molar-refractivity contribution < 1.29 is 19.1 Å². The van der Waals surface area contributed by atoms with Crippen LogP contribution in [0.3, 0.4) is 0 Å². The van der Waals surface area contributed by atoms with E-state index in [-0.39, 0.29) is 5.91 Å². The van der Waals surface area contributed by atoms with Gasteiger partial charge in [0.25, 0.3) is 11.8 Å². The molecule has 0 heterocycles. The number of benzene rings is 2. The van der Waals surface area contributed by atoms with E-state index < -0.39 is 24.5 Å². The summed E-state index contributed by atoms with van der Waals surface area (Å²) in [5.74, 6) is -1.48. The van der Waals surface area contributed by atoms with Crippen molar-refractivity contribution in [2.24, 2.45) is 0 Å². The average molecular weight is 368 g/mol. The first kappa shape index (κ1) is 20.2. The van der Waals surface area contributed by atoms with Gasteiger partial charge in [-0.15, -0.1) is 0 Å². The van der Waals surface area contributed by atoms with Crippen molar-refractivity contribution in [2.75, 3.05) is 11.9 Å². The lowest BCUT2D eigenvalue weighted by Crippen LogP contribution is -2.40. The van der Waals surface area contributed by atoms with Crippen LogP contribution in [0.1, 0.15) is 34.0 Å². The van der Waals surface area contributed by atoms with Crippen LogP contribution < -0.4 is 10.6 Å². The lowest BCUT2D eigenvalue weighted by Gasteiger charge is -2.15. The molecule has 0 aliphatic heterocycles. The third-order valence-electron chi connectivity index (χ3n) is 4.02. The molecule has 6 nitrogen and oxygen atoms in total. The number of rotatable bonds is 6. The molecule has 2 amide bonds. The van der Waals surface area contributed by atoms with Gasteiger partial charge in [-0.3, -0.25) is 9.59 Å². The minimum absolute atomic E-state index is 0.379. The van der Waals surface area contributed by atoms with Gasteiger partial charge in [0.05, 0.1) is 0 Å². The van der Waals surface area contributed by atoms with Crippen LogP contribution in [-0.2, 0) is 14.3 Å². The van der Waals surface area contributed by atoms with E-state index in [4.69, 9.17) is 4.74 Å². The first-order valence-electron chi connectivity index (χ1n) is 8.68. The molecule has 0 spiro atoms. The van der Waals surface area contributed by atoms with Gasteiger partial charge in [0.1, 0.15) is 6.04 Å². The Bertz CT molecular complexity index is 824. The lowest BCUT2D eigenvalue weighted by atomic mass is 10.1. The maximum absolute atomic E-state index is 12.1. The van der Waals surface area contributed by atoms with E-state index in [9.17, 15) is 14.4 Å². The maximum Gasteiger partial charge on any atom is 0.328 e. The highest BCUT2D eigenvalue weighted by Crippen LogP contribution is 2.21. The van der Waals surface area contributed by atoms with Gasteiger partial charge in [-0.2, -0.15) is 0 Å². The number of nitrogens with one attached hydrogen (secondary N) is 2. The fraction of sp³-hybridized carbons (Fsp3) is 0.286. The number of ether oxygens (including phenoxy) is 1. The summed E-state index contributed by atoms with van der Waals surface area (Å²) in [6.45, 7) is 6.89. The van der Waals surface area contributed by atoms with Crippen LogP contribution >= 0.6 is 0 Å². The Morgan fingerprint density at radius 2 is 1.59 bits per heavy atom. The first-order valence-corrected chi connectivity index (χ1v) is 8.68. The number of aryl methyl sites for hydroxylation is 3. The number of anilines is 1. The monoisotopic (exact) mass is 368 g/mol. The van der Waals surface area contributed by atoms with Gasteiger partial charge >= 0.3 is 5.97 Å². The van der Waals surface area contributed by atoms with Crippen molar-refractivity contribution in [3.05, 3.63) is 64.7 Å². The number of carbonyl (C=O) groups excluding carboxylic acids is 3. The molecule has 0 aliphatic carbocycles. The highest BCUT2D eigenvalue weighted by Gasteiger charge is 2.19. The molecule has 0 saturated carbocycles. The quantitative estimate of drug-likeness (QED) is 0.768. The Kier molecular flexibility index (Phi) is 6.71. The summed E-state index contributed by atoms with van der Waals surface area (Å²) in [7, 11) is 0. The average Bonchev–Trinajstić information content (AvgIpc) is 2.63. The summed E-state index contributed by atoms with van der Waals surface area (Å²) in [5.41, 5.74) is 4.15. The van der Waals surface area contributed by atoms with E-state index >= 15 is 0 Å². The first-order chi connectivity index (χ1) is 12.8. The standard InChI is InChI=1S/C21H24N2O4/c1-13-10-14(2)19(15(3)11-13)23-18(24)12-27-21(26)16(4)22-20(25)17-8-6-5-7-9-17/h5-11,16H,12H2,1-4H3,(H,22,25)(H,23,24)/t16-/m0/s1. The van der Waals surface area contributed by atoms with Crippen molar-refractivity contribution >= 4 is 23.5 Å². The molecule has 0 saturated heterocycles. The minimum Gasteiger partial charge on any atom is -0.454 e. The van der Waals surface area contributed by atoms with Gasteiger partial charge < -0.3 is 15.4 Å². The van der Waals surface area contributed by atoms with E-state index in [1.807, 2.05) is 32.9 Å². The molecule has 0 unspecified atom stereocenters. The summed E-state index contributed by atoms with van der Waals surface area (Å²) in [6, 6.07) is 11.6. The van der Waals surface area contributed by atoms with Crippen LogP contribution in [0, 0.1) is 20.8 Å². The minimum atomic E-state index is -0.867. The van der Waals surface area contributed by atoms with Crippen LogP contribution in [0.4, 0.5) is 5.69 Å². The molecule has 0 fully saturated rings. The van der Waals surface area contributed by atoms with Gasteiger partial charge in [0, 0.05) is 11.3 Å². The largest absolute Gasteiger partial charge is 0.454 e. The molecule has 0 bridgehead atoms. The highest BCUT2D eigenvalue weighted by molar-refractivity contribution is 5.97. The third-order valence-corrected chi connectivity index (χ3v) is 4.02. The van der Waals surface area contributed by atoms with Crippen molar-refractivity contribution in [2.45, 2.75) is 33.7 Å². The van der Waals surface area contributed by atoms with Gasteiger partial charge in [0.2, 0.25) is 0 Å². The second kappa shape index (κ2) is 8.98. The molecular formula is C21H24N2O4. The fourth-order valence-electron chi connectivity index (χ4n) is 2.74. The second-order valence-corrected chi connectivity index (χ2v) is 6.49. The summed E-state index contributed by atoms with van der Waals surface area (Å²) in [5, 5.41) is 5.31. The zero-order valence-corrected chi connectivity index (χ0v) is 16.0. The molecule has 2 rings (SSSR count). The molecular weight excluding hydrogens is 344 g/mol. The Labute approximate surface area is 158 Å². The molecule has 0 radical (unpaired) electrons. The fourth-order valence-corrected chi connectivity index (χ4v) is 2.74. The van der Waals surface area contributed by atoms with Gasteiger partial charge in [0.15, 0.2) is 6.61 Å². The summed E-state index contributed by atoms with van der Waals surface area (Å²) in [6.07, 6.45) is 0. The highest BCUT2D eigenvalue weighted by atomic mass is 16.5. The number of esters is 1. The Morgan fingerprint density at radius 1 is 1.00 bits per heavy atom. The van der Waals surface area contributed by atoms with E-state index in [1.54, 1.807) is 30.3 Å². The molecule has 6 heteroatoms. The van der Waals surface area contributed by atoms with E-state index in [1.165, 1.54) is 6.92 Å². The second-order valence-electron chi connectivity index (χ2n) is 6.49. The predicted molar refractivity (Wildman–Crippen MR) is 104 cm³/mol. The molecule has 27 heavy (non-hydrogen) atoms. The Balaban J connectivity index is 1.86. The zero-order valence-electron chi connectivity index (χ0n) is 16.0. The topological polar surface area (TPSA) is 84.5 Å². The SMILES string of the molecule is Cc1cc(C)c(NC(=O)COC(=O)[C@H](C)NC(=O)c2ccccc2)c(C)c1. The van der Waals surface area contributed by atoms with Gasteiger partial charge in [-0.05, 0) is 51.0 Å². The smallest absolute Gasteiger partial charge is 0.328 e. The number of amides is 2. The molecule has 0 aromatic heterocycles. The number of hydrogen-bond acceptors (Lipinski definition) is 4. The van der Waals surface area contributed by atoms with Crippen LogP contribution in [0.25, 0.3) is 0 Å². The van der Waals surface area contributed by atoms with Crippen molar-refractivity contribution in [3.8, 4) is 0 Å². The molecule has 1 atom stereocenters. The van der Waals surface area contributed by atoms with Crippen molar-refractivity contribution in [3.63, 3.8) is 0 Å². The summed E-state index contributed by atoms with van der Waals surface area (Å²) < 4.78 is 5.01. The number of hydrogen-bond donors (Lipinski definition) is 2. The van der Waals surface area contributed by atoms with Crippen LogP contribution in [0.15, 0.2) is 42.5 Å². The van der Waals surface area contributed by atoms with Crippen molar-refractivity contribution in [1.29, 1.82) is 0 Å². The molecule has 0 aliphatic rings. The van der Waals surface area contributed by atoms with E-state index in [2.05, 4.69) is 10.6 Å². The van der Waals surface area contributed by atoms with Crippen LogP contribution in [0.2, 0.25) is 0 Å². The summed E-state index contributed by atoms with van der Waals surface area (Å²) in [4.78, 5) is 36.2. The van der Waals surface area contributed by atoms with Crippen LogP contribution in [-0.4, -0.2) is 30.4 Å². The lowest BCUT2D eigenvalue weighted by molar-refractivity contribution is -0.148. The Morgan fingerprint density at radius 3 is 2.19 bits per heavy atom. The molecule has 2 N–H and O–H groups in total. The number of carbonyl (C=O) groups is 3. The van der Waals surface area contributed by atoms with Gasteiger partial charge in [-0.1, -0.05) is 35.9 Å². The van der Waals surface area contributed by atoms with Crippen molar-refractivity contribution in [1.82, 2.24) is 5.32 Å². The van der Waals surface area contributed by atoms with E-state index in [0.717, 1.165) is 16.7 Å². The molecule has 142 valence electrons. The predicted octanol–water partition coefficient (Wildman–Crippen LogP) is 2.91. The Hall–Kier alpha value is -3.15. The maximum atomic E-state index is 12.1. The van der Waals surface area contributed by atoms with Crippen LogP contribution in [0.5, 0.6) is 0 Å². The van der Waals surface area contributed by atoms with Gasteiger partial charge in [-0.25, -0.2) is 4.79 Å². The molecule has 2 aromatic rings. The third kappa shape index (κ3) is 5.67. The zero-order chi connectivity index (χ0) is 20.0.